The van der Waals surface area contributed by atoms with Crippen LogP contribution in [0.3, 0.4) is 0 Å². The summed E-state index contributed by atoms with van der Waals surface area (Å²) in [4.78, 5) is 0. The van der Waals surface area contributed by atoms with E-state index in [1.54, 1.807) is 25.4 Å². The van der Waals surface area contributed by atoms with Crippen LogP contribution in [0.1, 0.15) is 19.6 Å². The predicted molar refractivity (Wildman–Crippen MR) is 32.7 cm³/mol. The SMILES string of the molecule is CCC(F)n1cccn1. The summed E-state index contributed by atoms with van der Waals surface area (Å²) in [6.45, 7) is 1.78. The van der Waals surface area contributed by atoms with E-state index in [1.807, 2.05) is 0 Å². The molecular weight excluding hydrogens is 119 g/mol. The Morgan fingerprint density at radius 2 is 2.56 bits per heavy atom. The second kappa shape index (κ2) is 2.62. The molecule has 0 radical (unpaired) electrons. The minimum atomic E-state index is -0.958. The van der Waals surface area contributed by atoms with Gasteiger partial charge in [-0.15, -0.1) is 0 Å². The van der Waals surface area contributed by atoms with E-state index in [-0.39, 0.29) is 0 Å². The lowest BCUT2D eigenvalue weighted by molar-refractivity contribution is 0.213. The summed E-state index contributed by atoms with van der Waals surface area (Å²) in [6, 6.07) is 1.71. The van der Waals surface area contributed by atoms with Crippen LogP contribution in [0.25, 0.3) is 0 Å². The van der Waals surface area contributed by atoms with Gasteiger partial charge in [0.15, 0.2) is 6.30 Å². The van der Waals surface area contributed by atoms with E-state index in [4.69, 9.17) is 0 Å². The molecule has 0 N–H and O–H groups in total. The molecule has 9 heavy (non-hydrogen) atoms. The Labute approximate surface area is 53.3 Å². The van der Waals surface area contributed by atoms with Gasteiger partial charge in [-0.05, 0) is 12.5 Å². The van der Waals surface area contributed by atoms with Crippen molar-refractivity contribution >= 4 is 0 Å². The Morgan fingerprint density at radius 3 is 3.00 bits per heavy atom. The van der Waals surface area contributed by atoms with Crippen LogP contribution in [0.2, 0.25) is 0 Å². The fraction of sp³-hybridized carbons (Fsp3) is 0.500. The highest BCUT2D eigenvalue weighted by Gasteiger charge is 2.02. The minimum absolute atomic E-state index is 0.474. The lowest BCUT2D eigenvalue weighted by Crippen LogP contribution is -2.01. The van der Waals surface area contributed by atoms with Gasteiger partial charge in [-0.25, -0.2) is 9.07 Å². The molecule has 1 atom stereocenters. The summed E-state index contributed by atoms with van der Waals surface area (Å²) in [7, 11) is 0. The highest BCUT2D eigenvalue weighted by molar-refractivity contribution is 4.78. The molecule has 1 rings (SSSR count). The van der Waals surface area contributed by atoms with Crippen molar-refractivity contribution in [1.82, 2.24) is 9.78 Å². The summed E-state index contributed by atoms with van der Waals surface area (Å²) >= 11 is 0. The Balaban J connectivity index is 2.65. The van der Waals surface area contributed by atoms with Gasteiger partial charge in [0.1, 0.15) is 0 Å². The smallest absolute Gasteiger partial charge is 0.191 e. The van der Waals surface area contributed by atoms with Crippen LogP contribution in [0, 0.1) is 0 Å². The van der Waals surface area contributed by atoms with E-state index >= 15 is 0 Å². The molecule has 0 amide bonds. The summed E-state index contributed by atoms with van der Waals surface area (Å²) in [5.74, 6) is 0. The molecule has 0 aliphatic heterocycles. The van der Waals surface area contributed by atoms with Crippen LogP contribution >= 0.6 is 0 Å². The molecule has 0 aliphatic rings. The fourth-order valence-corrected chi connectivity index (χ4v) is 0.633. The van der Waals surface area contributed by atoms with E-state index in [0.717, 1.165) is 0 Å². The van der Waals surface area contributed by atoms with E-state index in [2.05, 4.69) is 5.10 Å². The molecule has 0 saturated carbocycles. The van der Waals surface area contributed by atoms with Crippen LogP contribution in [-0.2, 0) is 0 Å². The van der Waals surface area contributed by atoms with Crippen molar-refractivity contribution < 1.29 is 4.39 Å². The Kier molecular flexibility index (Phi) is 1.82. The van der Waals surface area contributed by atoms with Crippen molar-refractivity contribution in [1.29, 1.82) is 0 Å². The minimum Gasteiger partial charge on any atom is -0.239 e. The first-order chi connectivity index (χ1) is 4.34. The number of aromatic nitrogens is 2. The molecule has 0 aromatic carbocycles. The van der Waals surface area contributed by atoms with E-state index < -0.39 is 6.30 Å². The van der Waals surface area contributed by atoms with Crippen molar-refractivity contribution in [3.63, 3.8) is 0 Å². The monoisotopic (exact) mass is 128 g/mol. The number of rotatable bonds is 2. The molecule has 1 unspecified atom stereocenters. The molecule has 2 nitrogen and oxygen atoms in total. The van der Waals surface area contributed by atoms with Gasteiger partial charge in [0, 0.05) is 12.4 Å². The number of hydrogen-bond acceptors (Lipinski definition) is 1. The van der Waals surface area contributed by atoms with Crippen LogP contribution in [0.4, 0.5) is 4.39 Å². The quantitative estimate of drug-likeness (QED) is 0.593. The molecule has 0 fully saturated rings. The average molecular weight is 128 g/mol. The first-order valence-electron chi connectivity index (χ1n) is 2.97. The second-order valence-electron chi connectivity index (χ2n) is 1.83. The normalized spacial score (nSPS) is 13.6. The van der Waals surface area contributed by atoms with Crippen LogP contribution in [0.15, 0.2) is 18.5 Å². The highest BCUT2D eigenvalue weighted by atomic mass is 19.1. The molecule has 0 bridgehead atoms. The summed E-state index contributed by atoms with van der Waals surface area (Å²) in [5.41, 5.74) is 0. The lowest BCUT2D eigenvalue weighted by Gasteiger charge is -2.02. The van der Waals surface area contributed by atoms with Gasteiger partial charge in [-0.2, -0.15) is 5.10 Å². The first-order valence-corrected chi connectivity index (χ1v) is 2.97. The molecule has 0 spiro atoms. The molecule has 0 aliphatic carbocycles. The Morgan fingerprint density at radius 1 is 1.78 bits per heavy atom. The predicted octanol–water partition coefficient (Wildman–Crippen LogP) is 1.76. The van der Waals surface area contributed by atoms with E-state index in [0.29, 0.717) is 6.42 Å². The van der Waals surface area contributed by atoms with Crippen molar-refractivity contribution in [3.8, 4) is 0 Å². The standard InChI is InChI=1S/C6H9FN2/c1-2-6(7)9-5-3-4-8-9/h3-6H,2H2,1H3. The zero-order chi connectivity index (χ0) is 6.69. The van der Waals surface area contributed by atoms with Crippen molar-refractivity contribution in [3.05, 3.63) is 18.5 Å². The molecule has 1 aromatic heterocycles. The van der Waals surface area contributed by atoms with Crippen molar-refractivity contribution in [2.24, 2.45) is 0 Å². The van der Waals surface area contributed by atoms with Gasteiger partial charge in [0.25, 0.3) is 0 Å². The Bertz CT molecular complexity index is 160. The summed E-state index contributed by atoms with van der Waals surface area (Å²) < 4.78 is 13.9. The Hall–Kier alpha value is -0.860. The van der Waals surface area contributed by atoms with Gasteiger partial charge < -0.3 is 0 Å². The van der Waals surface area contributed by atoms with Crippen LogP contribution in [-0.4, -0.2) is 9.78 Å². The number of alkyl halides is 1. The number of hydrogen-bond donors (Lipinski definition) is 0. The van der Waals surface area contributed by atoms with Gasteiger partial charge in [0.05, 0.1) is 0 Å². The molecular formula is C6H9FN2. The van der Waals surface area contributed by atoms with Gasteiger partial charge in [-0.3, -0.25) is 0 Å². The molecule has 1 aromatic rings. The average Bonchev–Trinajstić information content (AvgIpc) is 2.37. The summed E-state index contributed by atoms with van der Waals surface area (Å²) in [5, 5.41) is 3.73. The van der Waals surface area contributed by atoms with Gasteiger partial charge in [0.2, 0.25) is 0 Å². The molecule has 3 heteroatoms. The maximum Gasteiger partial charge on any atom is 0.191 e. The van der Waals surface area contributed by atoms with E-state index in [9.17, 15) is 4.39 Å². The maximum atomic E-state index is 12.6. The van der Waals surface area contributed by atoms with E-state index in [1.165, 1.54) is 4.68 Å². The molecule has 0 saturated heterocycles. The van der Waals surface area contributed by atoms with Crippen LogP contribution in [0.5, 0.6) is 0 Å². The number of nitrogens with zero attached hydrogens (tertiary/aromatic N) is 2. The van der Waals surface area contributed by atoms with Crippen LogP contribution < -0.4 is 0 Å². The van der Waals surface area contributed by atoms with Gasteiger partial charge in [-0.1, -0.05) is 6.92 Å². The fourth-order valence-electron chi connectivity index (χ4n) is 0.633. The topological polar surface area (TPSA) is 17.8 Å². The van der Waals surface area contributed by atoms with Crippen molar-refractivity contribution in [2.45, 2.75) is 19.6 Å². The number of halogens is 1. The van der Waals surface area contributed by atoms with Gasteiger partial charge >= 0.3 is 0 Å². The first kappa shape index (κ1) is 6.26. The maximum absolute atomic E-state index is 12.6. The third kappa shape index (κ3) is 1.28. The lowest BCUT2D eigenvalue weighted by atomic mass is 10.4. The molecule has 50 valence electrons. The largest absolute Gasteiger partial charge is 0.239 e. The highest BCUT2D eigenvalue weighted by Crippen LogP contribution is 2.08. The zero-order valence-corrected chi connectivity index (χ0v) is 5.29. The van der Waals surface area contributed by atoms with Crippen molar-refractivity contribution in [2.75, 3.05) is 0 Å². The second-order valence-corrected chi connectivity index (χ2v) is 1.83. The third-order valence-electron chi connectivity index (χ3n) is 1.15. The zero-order valence-electron chi connectivity index (χ0n) is 5.29. The molecule has 1 heterocycles. The summed E-state index contributed by atoms with van der Waals surface area (Å²) in [6.07, 6.45) is 2.71. The third-order valence-corrected chi connectivity index (χ3v) is 1.15.